The van der Waals surface area contributed by atoms with Gasteiger partial charge in [-0.3, -0.25) is 9.82 Å². The Bertz CT molecular complexity index is 771. The van der Waals surface area contributed by atoms with Gasteiger partial charge in [-0.25, -0.2) is 8.42 Å². The number of hydrogen-bond acceptors (Lipinski definition) is 4. The molecule has 0 atom stereocenters. The van der Waals surface area contributed by atoms with Crippen molar-refractivity contribution >= 4 is 15.8 Å². The molecular formula is C14H16F3N3O3S. The van der Waals surface area contributed by atoms with Gasteiger partial charge in [-0.05, 0) is 37.1 Å². The molecule has 132 valence electrons. The number of aromatic amines is 1. The molecule has 1 aromatic carbocycles. The Labute approximate surface area is 137 Å². The molecule has 2 aromatic rings. The van der Waals surface area contributed by atoms with Crippen LogP contribution in [0.3, 0.4) is 0 Å². The maximum atomic E-state index is 12.2. The zero-order valence-corrected chi connectivity index (χ0v) is 13.5. The molecule has 24 heavy (non-hydrogen) atoms. The van der Waals surface area contributed by atoms with Gasteiger partial charge in [0.2, 0.25) is 0 Å². The van der Waals surface area contributed by atoms with Gasteiger partial charge >= 0.3 is 6.36 Å². The SMILES string of the molecule is CCCCc1cc(NS(=O)(=O)c2ccc(OC(F)(F)F)cc2)n[nH]1. The first-order valence-electron chi connectivity index (χ1n) is 7.12. The van der Waals surface area contributed by atoms with Crippen molar-refractivity contribution in [2.75, 3.05) is 4.72 Å². The molecule has 0 aliphatic rings. The fourth-order valence-corrected chi connectivity index (χ4v) is 2.92. The van der Waals surface area contributed by atoms with Crippen LogP contribution in [0, 0.1) is 0 Å². The van der Waals surface area contributed by atoms with Crippen LogP contribution >= 0.6 is 0 Å². The largest absolute Gasteiger partial charge is 0.573 e. The number of rotatable bonds is 7. The van der Waals surface area contributed by atoms with Crippen LogP contribution in [0.25, 0.3) is 0 Å². The minimum Gasteiger partial charge on any atom is -0.406 e. The number of H-pyrrole nitrogens is 1. The van der Waals surface area contributed by atoms with Crippen molar-refractivity contribution in [1.82, 2.24) is 10.2 Å². The summed E-state index contributed by atoms with van der Waals surface area (Å²) in [6, 6.07) is 5.48. The number of sulfonamides is 1. The van der Waals surface area contributed by atoms with Gasteiger partial charge in [0, 0.05) is 11.8 Å². The fourth-order valence-electron chi connectivity index (χ4n) is 1.93. The van der Waals surface area contributed by atoms with E-state index in [1.54, 1.807) is 6.07 Å². The van der Waals surface area contributed by atoms with Gasteiger partial charge in [0.1, 0.15) is 5.75 Å². The van der Waals surface area contributed by atoms with Crippen molar-refractivity contribution in [2.45, 2.75) is 37.4 Å². The molecule has 0 amide bonds. The van der Waals surface area contributed by atoms with E-state index < -0.39 is 22.1 Å². The molecule has 0 aliphatic carbocycles. The third-order valence-corrected chi connectivity index (χ3v) is 4.41. The van der Waals surface area contributed by atoms with E-state index in [1.807, 2.05) is 6.92 Å². The summed E-state index contributed by atoms with van der Waals surface area (Å²) >= 11 is 0. The second-order valence-corrected chi connectivity index (χ2v) is 6.69. The number of aromatic nitrogens is 2. The van der Waals surface area contributed by atoms with E-state index in [-0.39, 0.29) is 10.7 Å². The second-order valence-electron chi connectivity index (χ2n) is 5.01. The summed E-state index contributed by atoms with van der Waals surface area (Å²) in [5, 5.41) is 6.58. The summed E-state index contributed by atoms with van der Waals surface area (Å²) in [5.74, 6) is -0.375. The van der Waals surface area contributed by atoms with Crippen LogP contribution in [0.15, 0.2) is 35.2 Å². The molecule has 2 rings (SSSR count). The molecule has 0 unspecified atom stereocenters. The normalized spacial score (nSPS) is 12.2. The number of alkyl halides is 3. The summed E-state index contributed by atoms with van der Waals surface area (Å²) in [7, 11) is -3.95. The number of hydrogen-bond donors (Lipinski definition) is 2. The van der Waals surface area contributed by atoms with Crippen molar-refractivity contribution < 1.29 is 26.3 Å². The molecule has 1 heterocycles. The third-order valence-electron chi connectivity index (χ3n) is 3.04. The highest BCUT2D eigenvalue weighted by atomic mass is 32.2. The average Bonchev–Trinajstić information content (AvgIpc) is 2.90. The Morgan fingerprint density at radius 1 is 1.25 bits per heavy atom. The molecule has 10 heteroatoms. The van der Waals surface area contributed by atoms with Crippen LogP contribution < -0.4 is 9.46 Å². The number of nitrogens with zero attached hydrogens (tertiary/aromatic N) is 1. The standard InChI is InChI=1S/C14H16F3N3O3S/c1-2-3-4-10-9-13(19-18-10)20-24(21,22)12-7-5-11(6-8-12)23-14(15,16)17/h5-9H,2-4H2,1H3,(H2,18,19,20). The molecule has 0 saturated carbocycles. The summed E-state index contributed by atoms with van der Waals surface area (Å²) < 4.78 is 66.6. The topological polar surface area (TPSA) is 84.1 Å². The van der Waals surface area contributed by atoms with Crippen LogP contribution in [-0.4, -0.2) is 25.0 Å². The number of ether oxygens (including phenoxy) is 1. The van der Waals surface area contributed by atoms with E-state index in [2.05, 4.69) is 19.7 Å². The Morgan fingerprint density at radius 3 is 2.50 bits per heavy atom. The van der Waals surface area contributed by atoms with E-state index in [0.29, 0.717) is 0 Å². The summed E-state index contributed by atoms with van der Waals surface area (Å²) in [4.78, 5) is -0.199. The molecule has 0 bridgehead atoms. The van der Waals surface area contributed by atoms with E-state index in [9.17, 15) is 21.6 Å². The van der Waals surface area contributed by atoms with E-state index in [4.69, 9.17) is 0 Å². The number of nitrogens with one attached hydrogen (secondary N) is 2. The van der Waals surface area contributed by atoms with E-state index >= 15 is 0 Å². The Hall–Kier alpha value is -2.23. The number of aryl methyl sites for hydroxylation is 1. The van der Waals surface area contributed by atoms with E-state index in [0.717, 1.165) is 49.2 Å². The predicted molar refractivity (Wildman–Crippen MR) is 81.1 cm³/mol. The molecular weight excluding hydrogens is 347 g/mol. The lowest BCUT2D eigenvalue weighted by atomic mass is 10.2. The second kappa shape index (κ2) is 7.12. The number of anilines is 1. The first-order valence-corrected chi connectivity index (χ1v) is 8.61. The van der Waals surface area contributed by atoms with Gasteiger partial charge in [-0.15, -0.1) is 13.2 Å². The van der Waals surface area contributed by atoms with Gasteiger partial charge in [-0.2, -0.15) is 5.10 Å². The van der Waals surface area contributed by atoms with Gasteiger partial charge in [0.15, 0.2) is 5.82 Å². The minimum atomic E-state index is -4.83. The first kappa shape index (κ1) is 18.1. The highest BCUT2D eigenvalue weighted by Crippen LogP contribution is 2.24. The average molecular weight is 363 g/mol. The van der Waals surface area contributed by atoms with Gasteiger partial charge < -0.3 is 4.74 Å². The number of benzene rings is 1. The lowest BCUT2D eigenvalue weighted by Crippen LogP contribution is -2.17. The lowest BCUT2D eigenvalue weighted by molar-refractivity contribution is -0.274. The molecule has 0 spiro atoms. The van der Waals surface area contributed by atoms with Crippen LogP contribution in [0.1, 0.15) is 25.5 Å². The molecule has 0 radical (unpaired) electrons. The molecule has 6 nitrogen and oxygen atoms in total. The summed E-state index contributed by atoms with van der Waals surface area (Å²) in [6.07, 6.45) is -2.15. The Morgan fingerprint density at radius 2 is 1.92 bits per heavy atom. The summed E-state index contributed by atoms with van der Waals surface area (Å²) in [6.45, 7) is 2.03. The first-order chi connectivity index (χ1) is 11.2. The van der Waals surface area contributed by atoms with Gasteiger partial charge in [0.25, 0.3) is 10.0 Å². The molecule has 2 N–H and O–H groups in total. The maximum Gasteiger partial charge on any atom is 0.573 e. The minimum absolute atomic E-state index is 0.122. The molecule has 0 fully saturated rings. The monoisotopic (exact) mass is 363 g/mol. The van der Waals surface area contributed by atoms with Crippen molar-refractivity contribution in [3.05, 3.63) is 36.0 Å². The maximum absolute atomic E-state index is 12.2. The quantitative estimate of drug-likeness (QED) is 0.789. The van der Waals surface area contributed by atoms with Gasteiger partial charge in [-0.1, -0.05) is 13.3 Å². The lowest BCUT2D eigenvalue weighted by Gasteiger charge is -2.09. The van der Waals surface area contributed by atoms with E-state index in [1.165, 1.54) is 0 Å². The highest BCUT2D eigenvalue weighted by Gasteiger charge is 2.31. The molecule has 0 saturated heterocycles. The zero-order valence-electron chi connectivity index (χ0n) is 12.7. The summed E-state index contributed by atoms with van der Waals surface area (Å²) in [5.41, 5.74) is 0.795. The molecule has 1 aromatic heterocycles. The molecule has 0 aliphatic heterocycles. The van der Waals surface area contributed by atoms with Crippen molar-refractivity contribution in [1.29, 1.82) is 0 Å². The van der Waals surface area contributed by atoms with Gasteiger partial charge in [0.05, 0.1) is 4.90 Å². The highest BCUT2D eigenvalue weighted by molar-refractivity contribution is 7.92. The zero-order chi connectivity index (χ0) is 17.8. The number of unbranched alkanes of at least 4 members (excludes halogenated alkanes) is 1. The Balaban J connectivity index is 2.08. The van der Waals surface area contributed by atoms with Crippen molar-refractivity contribution in [3.8, 4) is 5.75 Å². The van der Waals surface area contributed by atoms with Crippen LogP contribution in [0.2, 0.25) is 0 Å². The van der Waals surface area contributed by atoms with Crippen LogP contribution in [-0.2, 0) is 16.4 Å². The van der Waals surface area contributed by atoms with Crippen LogP contribution in [0.5, 0.6) is 5.75 Å². The van der Waals surface area contributed by atoms with Crippen molar-refractivity contribution in [3.63, 3.8) is 0 Å². The third kappa shape index (κ3) is 5.15. The predicted octanol–water partition coefficient (Wildman–Crippen LogP) is 3.45. The number of halogens is 3. The Kier molecular flexibility index (Phi) is 5.37. The van der Waals surface area contributed by atoms with Crippen molar-refractivity contribution in [2.24, 2.45) is 0 Å². The fraction of sp³-hybridized carbons (Fsp3) is 0.357. The smallest absolute Gasteiger partial charge is 0.406 e. The van der Waals surface area contributed by atoms with Crippen LogP contribution in [0.4, 0.5) is 19.0 Å².